The van der Waals surface area contributed by atoms with Crippen LogP contribution in [0.4, 0.5) is 5.00 Å². The van der Waals surface area contributed by atoms with E-state index < -0.39 is 0 Å². The van der Waals surface area contributed by atoms with Crippen molar-refractivity contribution in [2.45, 2.75) is 27.3 Å². The van der Waals surface area contributed by atoms with Gasteiger partial charge in [-0.15, -0.1) is 5.10 Å². The Balaban J connectivity index is 2.41. The molecule has 6 nitrogen and oxygen atoms in total. The Labute approximate surface area is 123 Å². The van der Waals surface area contributed by atoms with Gasteiger partial charge in [0.25, 0.3) is 0 Å². The minimum atomic E-state index is -0.270. The van der Waals surface area contributed by atoms with Gasteiger partial charge in [-0.1, -0.05) is 4.49 Å². The van der Waals surface area contributed by atoms with Crippen molar-refractivity contribution < 1.29 is 0 Å². The zero-order valence-corrected chi connectivity index (χ0v) is 13.3. The third-order valence-electron chi connectivity index (χ3n) is 2.74. The maximum absolute atomic E-state index is 12.0. The smallest absolute Gasteiger partial charge is 0.348 e. The van der Waals surface area contributed by atoms with Gasteiger partial charge in [0.2, 0.25) is 0 Å². The molecule has 0 bridgehead atoms. The van der Waals surface area contributed by atoms with Gasteiger partial charge in [0, 0.05) is 23.8 Å². The molecule has 0 radical (unpaired) electrons. The Bertz CT molecular complexity index is 651. The first-order chi connectivity index (χ1) is 9.04. The standard InChI is InChI=1S/C11H14BrN5OS/c1-4-13-10-8(15-16-19-10)5-17-7(3)9(12)6(2)14-11(17)18/h13H,4-5H2,1-3H3. The third kappa shape index (κ3) is 2.84. The molecule has 0 spiro atoms. The van der Waals surface area contributed by atoms with Gasteiger partial charge in [-0.2, -0.15) is 4.98 Å². The first-order valence-corrected chi connectivity index (χ1v) is 7.39. The van der Waals surface area contributed by atoms with E-state index in [0.29, 0.717) is 12.2 Å². The Hall–Kier alpha value is -1.28. The van der Waals surface area contributed by atoms with Gasteiger partial charge in [0.15, 0.2) is 0 Å². The average Bonchev–Trinajstić information content (AvgIpc) is 2.80. The number of halogens is 1. The topological polar surface area (TPSA) is 72.7 Å². The molecule has 2 rings (SSSR count). The van der Waals surface area contributed by atoms with Crippen molar-refractivity contribution in [3.05, 3.63) is 32.0 Å². The monoisotopic (exact) mass is 343 g/mol. The molecule has 0 fully saturated rings. The molecular formula is C11H14BrN5OS. The highest BCUT2D eigenvalue weighted by molar-refractivity contribution is 9.10. The number of nitrogens with one attached hydrogen (secondary N) is 1. The molecule has 0 unspecified atom stereocenters. The summed E-state index contributed by atoms with van der Waals surface area (Å²) < 4.78 is 6.36. The summed E-state index contributed by atoms with van der Waals surface area (Å²) in [5.74, 6) is 0. The van der Waals surface area contributed by atoms with Crippen LogP contribution in [0.15, 0.2) is 9.27 Å². The lowest BCUT2D eigenvalue weighted by atomic mass is 10.3. The SMILES string of the molecule is CCNc1snnc1Cn1c(C)c(Br)c(C)nc1=O. The second-order valence-electron chi connectivity index (χ2n) is 4.04. The summed E-state index contributed by atoms with van der Waals surface area (Å²) >= 11 is 4.74. The van der Waals surface area contributed by atoms with Crippen LogP contribution in [0, 0.1) is 13.8 Å². The maximum Gasteiger partial charge on any atom is 0.348 e. The molecule has 0 atom stereocenters. The Morgan fingerprint density at radius 1 is 1.42 bits per heavy atom. The summed E-state index contributed by atoms with van der Waals surface area (Å²) in [6.07, 6.45) is 0. The number of aromatic nitrogens is 4. The molecule has 2 heterocycles. The summed E-state index contributed by atoms with van der Waals surface area (Å²) in [5.41, 5.74) is 2.03. The molecule has 0 amide bonds. The Kier molecular flexibility index (Phi) is 4.31. The van der Waals surface area contributed by atoms with E-state index in [4.69, 9.17) is 0 Å². The number of nitrogens with zero attached hydrogens (tertiary/aromatic N) is 4. The van der Waals surface area contributed by atoms with Crippen molar-refractivity contribution in [2.24, 2.45) is 0 Å². The van der Waals surface area contributed by atoms with Crippen molar-refractivity contribution in [3.63, 3.8) is 0 Å². The minimum Gasteiger partial charge on any atom is -0.374 e. The first kappa shape index (κ1) is 14.1. The van der Waals surface area contributed by atoms with Crippen LogP contribution in [0.5, 0.6) is 0 Å². The van der Waals surface area contributed by atoms with Gasteiger partial charge in [0.05, 0.1) is 16.7 Å². The van der Waals surface area contributed by atoms with Crippen LogP contribution in [-0.2, 0) is 6.54 Å². The predicted molar refractivity (Wildman–Crippen MR) is 78.8 cm³/mol. The van der Waals surface area contributed by atoms with E-state index in [1.54, 1.807) is 11.5 Å². The van der Waals surface area contributed by atoms with Crippen LogP contribution in [0.25, 0.3) is 0 Å². The molecule has 102 valence electrons. The molecule has 19 heavy (non-hydrogen) atoms. The number of rotatable bonds is 4. The second-order valence-corrected chi connectivity index (χ2v) is 5.59. The summed E-state index contributed by atoms with van der Waals surface area (Å²) in [6, 6.07) is 0. The summed E-state index contributed by atoms with van der Waals surface area (Å²) in [4.78, 5) is 16.0. The first-order valence-electron chi connectivity index (χ1n) is 5.83. The molecule has 8 heteroatoms. The van der Waals surface area contributed by atoms with E-state index >= 15 is 0 Å². The van der Waals surface area contributed by atoms with Crippen LogP contribution < -0.4 is 11.0 Å². The number of hydrogen-bond donors (Lipinski definition) is 1. The zero-order chi connectivity index (χ0) is 14.0. The van der Waals surface area contributed by atoms with E-state index in [-0.39, 0.29) is 5.69 Å². The summed E-state index contributed by atoms with van der Waals surface area (Å²) in [7, 11) is 0. The fourth-order valence-corrected chi connectivity index (χ4v) is 2.66. The zero-order valence-electron chi connectivity index (χ0n) is 10.9. The lowest BCUT2D eigenvalue weighted by molar-refractivity contribution is 0.674. The normalized spacial score (nSPS) is 10.7. The summed E-state index contributed by atoms with van der Waals surface area (Å²) in [6.45, 7) is 6.85. The number of aryl methyl sites for hydroxylation is 1. The van der Waals surface area contributed by atoms with Crippen LogP contribution in [-0.4, -0.2) is 25.7 Å². The van der Waals surface area contributed by atoms with Gasteiger partial charge >= 0.3 is 5.69 Å². The van der Waals surface area contributed by atoms with Crippen LogP contribution in [0.3, 0.4) is 0 Å². The molecule has 2 aromatic heterocycles. The Morgan fingerprint density at radius 3 is 2.84 bits per heavy atom. The van der Waals surface area contributed by atoms with E-state index in [2.05, 4.69) is 35.8 Å². The van der Waals surface area contributed by atoms with Crippen molar-refractivity contribution in [3.8, 4) is 0 Å². The van der Waals surface area contributed by atoms with Crippen molar-refractivity contribution in [1.29, 1.82) is 0 Å². The fourth-order valence-electron chi connectivity index (χ4n) is 1.72. The maximum atomic E-state index is 12.0. The predicted octanol–water partition coefficient (Wildman–Crippen LogP) is 1.95. The quantitative estimate of drug-likeness (QED) is 0.918. The van der Waals surface area contributed by atoms with Crippen LogP contribution in [0.1, 0.15) is 24.0 Å². The van der Waals surface area contributed by atoms with Crippen molar-refractivity contribution in [2.75, 3.05) is 11.9 Å². The number of anilines is 1. The van der Waals surface area contributed by atoms with Gasteiger partial charge in [0.1, 0.15) is 10.7 Å². The lowest BCUT2D eigenvalue weighted by Gasteiger charge is -2.11. The molecule has 0 aliphatic carbocycles. The van der Waals surface area contributed by atoms with Gasteiger partial charge < -0.3 is 5.32 Å². The third-order valence-corrected chi connectivity index (χ3v) is 4.61. The van der Waals surface area contributed by atoms with Crippen LogP contribution in [0.2, 0.25) is 0 Å². The lowest BCUT2D eigenvalue weighted by Crippen LogP contribution is -2.27. The molecule has 2 aromatic rings. The second kappa shape index (κ2) is 5.79. The largest absolute Gasteiger partial charge is 0.374 e. The molecule has 0 saturated carbocycles. The highest BCUT2D eigenvalue weighted by atomic mass is 79.9. The van der Waals surface area contributed by atoms with Gasteiger partial charge in [-0.05, 0) is 36.7 Å². The van der Waals surface area contributed by atoms with Gasteiger partial charge in [-0.3, -0.25) is 4.57 Å². The molecule has 0 aliphatic rings. The van der Waals surface area contributed by atoms with Crippen LogP contribution >= 0.6 is 27.5 Å². The van der Waals surface area contributed by atoms with Crippen molar-refractivity contribution >= 4 is 32.5 Å². The summed E-state index contributed by atoms with van der Waals surface area (Å²) in [5, 5.41) is 8.15. The Morgan fingerprint density at radius 2 is 2.16 bits per heavy atom. The highest BCUT2D eigenvalue weighted by Gasteiger charge is 2.13. The van der Waals surface area contributed by atoms with Gasteiger partial charge in [-0.25, -0.2) is 4.79 Å². The fraction of sp³-hybridized carbons (Fsp3) is 0.455. The molecule has 0 saturated heterocycles. The van der Waals surface area contributed by atoms with E-state index in [1.165, 1.54) is 11.5 Å². The molecular weight excluding hydrogens is 330 g/mol. The average molecular weight is 344 g/mol. The van der Waals surface area contributed by atoms with E-state index in [0.717, 1.165) is 27.4 Å². The molecule has 1 N–H and O–H groups in total. The van der Waals surface area contributed by atoms with Crippen molar-refractivity contribution in [1.82, 2.24) is 19.1 Å². The highest BCUT2D eigenvalue weighted by Crippen LogP contribution is 2.21. The number of hydrogen-bond acceptors (Lipinski definition) is 6. The minimum absolute atomic E-state index is 0.270. The molecule has 0 aromatic carbocycles. The van der Waals surface area contributed by atoms with E-state index in [1.807, 2.05) is 13.8 Å². The molecule has 0 aliphatic heterocycles. The van der Waals surface area contributed by atoms with E-state index in [9.17, 15) is 4.79 Å².